The Morgan fingerprint density at radius 2 is 1.96 bits per heavy atom. The largest absolute Gasteiger partial charge is 0.337 e. The Bertz CT molecular complexity index is 808. The van der Waals surface area contributed by atoms with Crippen molar-refractivity contribution >= 4 is 22.6 Å². The third-order valence-corrected chi connectivity index (χ3v) is 3.94. The van der Waals surface area contributed by atoms with Crippen molar-refractivity contribution in [2.24, 2.45) is 0 Å². The molecule has 0 radical (unpaired) electrons. The van der Waals surface area contributed by atoms with Crippen LogP contribution in [0.5, 0.6) is 0 Å². The second kappa shape index (κ2) is 6.12. The summed E-state index contributed by atoms with van der Waals surface area (Å²) in [5.41, 5.74) is 2.75. The van der Waals surface area contributed by atoms with E-state index in [1.165, 1.54) is 5.56 Å². The molecule has 0 fully saturated rings. The van der Waals surface area contributed by atoms with E-state index in [1.807, 2.05) is 36.4 Å². The lowest BCUT2D eigenvalue weighted by molar-refractivity contribution is 0.249. The van der Waals surface area contributed by atoms with Crippen molar-refractivity contribution in [1.82, 2.24) is 15.5 Å². The van der Waals surface area contributed by atoms with Gasteiger partial charge in [-0.3, -0.25) is 5.10 Å². The number of amides is 2. The zero-order chi connectivity index (χ0) is 16.3. The van der Waals surface area contributed by atoms with Gasteiger partial charge in [0.15, 0.2) is 0 Å². The summed E-state index contributed by atoms with van der Waals surface area (Å²) in [6.45, 7) is 4.77. The van der Waals surface area contributed by atoms with E-state index in [9.17, 15) is 4.79 Å². The molecule has 3 aromatic rings. The number of aromatic nitrogens is 2. The molecule has 0 aliphatic carbocycles. The number of urea groups is 1. The molecule has 5 heteroatoms. The molecule has 2 aromatic carbocycles. The van der Waals surface area contributed by atoms with Crippen LogP contribution in [0.2, 0.25) is 0 Å². The summed E-state index contributed by atoms with van der Waals surface area (Å²) in [4.78, 5) is 12.1. The Morgan fingerprint density at radius 3 is 2.74 bits per heavy atom. The number of benzene rings is 2. The third kappa shape index (κ3) is 3.51. The maximum atomic E-state index is 12.1. The topological polar surface area (TPSA) is 69.8 Å². The van der Waals surface area contributed by atoms with Gasteiger partial charge in [-0.2, -0.15) is 5.10 Å². The highest BCUT2D eigenvalue weighted by Gasteiger charge is 2.21. The fourth-order valence-corrected chi connectivity index (χ4v) is 2.49. The summed E-state index contributed by atoms with van der Waals surface area (Å²) < 4.78 is 0. The number of carbonyl (C=O) groups excluding carboxylic acids is 1. The van der Waals surface area contributed by atoms with E-state index in [0.717, 1.165) is 16.6 Å². The molecule has 5 nitrogen and oxygen atoms in total. The fraction of sp³-hybridized carbons (Fsp3) is 0.222. The number of hydrogen-bond donors (Lipinski definition) is 3. The number of nitrogens with zero attached hydrogens (tertiary/aromatic N) is 1. The van der Waals surface area contributed by atoms with Gasteiger partial charge in [-0.05, 0) is 23.8 Å². The number of fused-ring (bicyclic) bond motifs is 1. The number of anilines is 1. The van der Waals surface area contributed by atoms with Crippen molar-refractivity contribution in [3.8, 4) is 0 Å². The Kier molecular flexibility index (Phi) is 4.02. The van der Waals surface area contributed by atoms with Crippen LogP contribution in [0, 0.1) is 0 Å². The first-order valence-electron chi connectivity index (χ1n) is 7.58. The van der Waals surface area contributed by atoms with Gasteiger partial charge in [-0.15, -0.1) is 0 Å². The van der Waals surface area contributed by atoms with Crippen molar-refractivity contribution in [2.75, 3.05) is 11.9 Å². The first-order valence-corrected chi connectivity index (χ1v) is 7.58. The van der Waals surface area contributed by atoms with Crippen LogP contribution < -0.4 is 10.6 Å². The van der Waals surface area contributed by atoms with E-state index in [4.69, 9.17) is 0 Å². The molecule has 3 N–H and O–H groups in total. The summed E-state index contributed by atoms with van der Waals surface area (Å²) in [6.07, 6.45) is 1.73. The highest BCUT2D eigenvalue weighted by atomic mass is 16.2. The molecule has 0 saturated carbocycles. The number of rotatable bonds is 4. The highest BCUT2D eigenvalue weighted by molar-refractivity contribution is 5.92. The lowest BCUT2D eigenvalue weighted by atomic mass is 9.85. The average molecular weight is 308 g/mol. The van der Waals surface area contributed by atoms with E-state index >= 15 is 0 Å². The van der Waals surface area contributed by atoms with Crippen molar-refractivity contribution in [3.05, 3.63) is 60.3 Å². The Hall–Kier alpha value is -2.82. The first kappa shape index (κ1) is 15.1. The summed E-state index contributed by atoms with van der Waals surface area (Å²) in [5, 5.41) is 13.6. The monoisotopic (exact) mass is 308 g/mol. The molecule has 1 heterocycles. The molecule has 0 aliphatic rings. The van der Waals surface area contributed by atoms with E-state index in [1.54, 1.807) is 6.20 Å². The molecule has 0 spiro atoms. The van der Waals surface area contributed by atoms with Gasteiger partial charge in [0.25, 0.3) is 0 Å². The van der Waals surface area contributed by atoms with Crippen molar-refractivity contribution in [1.29, 1.82) is 0 Å². The minimum absolute atomic E-state index is 0.132. The summed E-state index contributed by atoms with van der Waals surface area (Å²) >= 11 is 0. The van der Waals surface area contributed by atoms with E-state index in [-0.39, 0.29) is 11.4 Å². The molecule has 2 amide bonds. The molecule has 1 aromatic heterocycles. The van der Waals surface area contributed by atoms with Crippen LogP contribution in [0.15, 0.2) is 54.7 Å². The van der Waals surface area contributed by atoms with Gasteiger partial charge in [0, 0.05) is 23.0 Å². The standard InChI is InChI=1S/C18H20N4O/c1-18(2,14-6-4-3-5-7-14)12-19-17(23)21-15-8-9-16-13(10-15)11-20-22-16/h3-11H,12H2,1-2H3,(H,20,22)(H2,19,21,23). The Morgan fingerprint density at radius 1 is 1.17 bits per heavy atom. The normalized spacial score (nSPS) is 11.4. The molecule has 23 heavy (non-hydrogen) atoms. The van der Waals surface area contributed by atoms with Gasteiger partial charge >= 0.3 is 6.03 Å². The highest BCUT2D eigenvalue weighted by Crippen LogP contribution is 2.22. The van der Waals surface area contributed by atoms with E-state index in [0.29, 0.717) is 6.54 Å². The quantitative estimate of drug-likeness (QED) is 0.688. The second-order valence-corrected chi connectivity index (χ2v) is 6.23. The van der Waals surface area contributed by atoms with Crippen LogP contribution in [0.1, 0.15) is 19.4 Å². The zero-order valence-electron chi connectivity index (χ0n) is 13.3. The third-order valence-electron chi connectivity index (χ3n) is 3.94. The predicted molar refractivity (Wildman–Crippen MR) is 92.6 cm³/mol. The minimum Gasteiger partial charge on any atom is -0.337 e. The van der Waals surface area contributed by atoms with Gasteiger partial charge < -0.3 is 10.6 Å². The van der Waals surface area contributed by atoms with Crippen LogP contribution in [-0.2, 0) is 5.41 Å². The van der Waals surface area contributed by atoms with Crippen molar-refractivity contribution in [3.63, 3.8) is 0 Å². The molecular formula is C18H20N4O. The molecule has 0 atom stereocenters. The van der Waals surface area contributed by atoms with E-state index < -0.39 is 0 Å². The summed E-state index contributed by atoms with van der Waals surface area (Å²) in [6, 6.07) is 15.6. The number of hydrogen-bond acceptors (Lipinski definition) is 2. The Balaban J connectivity index is 1.61. The SMILES string of the molecule is CC(C)(CNC(=O)Nc1ccc2[nH]ncc2c1)c1ccccc1. The molecular weight excluding hydrogens is 288 g/mol. The number of aromatic amines is 1. The molecule has 118 valence electrons. The van der Waals surface area contributed by atoms with Gasteiger partial charge in [0.05, 0.1) is 11.7 Å². The second-order valence-electron chi connectivity index (χ2n) is 6.23. The van der Waals surface area contributed by atoms with Gasteiger partial charge in [0.1, 0.15) is 0 Å². The molecule has 0 bridgehead atoms. The minimum atomic E-state index is -0.211. The molecule has 0 aliphatic heterocycles. The van der Waals surface area contributed by atoms with E-state index in [2.05, 4.69) is 46.8 Å². The van der Waals surface area contributed by atoms with Gasteiger partial charge in [-0.1, -0.05) is 44.2 Å². The number of H-pyrrole nitrogens is 1. The number of nitrogens with one attached hydrogen (secondary N) is 3. The maximum Gasteiger partial charge on any atom is 0.319 e. The smallest absolute Gasteiger partial charge is 0.319 e. The number of carbonyl (C=O) groups is 1. The molecule has 3 rings (SSSR count). The van der Waals surface area contributed by atoms with Crippen molar-refractivity contribution in [2.45, 2.75) is 19.3 Å². The van der Waals surface area contributed by atoms with Crippen LogP contribution in [0.25, 0.3) is 10.9 Å². The summed E-state index contributed by atoms with van der Waals surface area (Å²) in [7, 11) is 0. The van der Waals surface area contributed by atoms with Crippen LogP contribution in [-0.4, -0.2) is 22.8 Å². The predicted octanol–water partition coefficient (Wildman–Crippen LogP) is 3.66. The fourth-order valence-electron chi connectivity index (χ4n) is 2.49. The zero-order valence-corrected chi connectivity index (χ0v) is 13.3. The lowest BCUT2D eigenvalue weighted by Crippen LogP contribution is -2.38. The average Bonchev–Trinajstić information content (AvgIpc) is 3.02. The summed E-state index contributed by atoms with van der Waals surface area (Å²) in [5.74, 6) is 0. The van der Waals surface area contributed by atoms with Crippen LogP contribution >= 0.6 is 0 Å². The Labute approximate surface area is 135 Å². The lowest BCUT2D eigenvalue weighted by Gasteiger charge is -2.25. The van der Waals surface area contributed by atoms with Gasteiger partial charge in [-0.25, -0.2) is 4.79 Å². The molecule has 0 saturated heterocycles. The maximum absolute atomic E-state index is 12.1. The van der Waals surface area contributed by atoms with Crippen molar-refractivity contribution < 1.29 is 4.79 Å². The van der Waals surface area contributed by atoms with Gasteiger partial charge in [0.2, 0.25) is 0 Å². The molecule has 0 unspecified atom stereocenters. The van der Waals surface area contributed by atoms with Crippen LogP contribution in [0.3, 0.4) is 0 Å². The van der Waals surface area contributed by atoms with Crippen LogP contribution in [0.4, 0.5) is 10.5 Å². The first-order chi connectivity index (χ1) is 11.0.